The third-order valence-corrected chi connectivity index (χ3v) is 4.13. The topological polar surface area (TPSA) is 75.9 Å². The van der Waals surface area contributed by atoms with Gasteiger partial charge in [-0.05, 0) is 36.8 Å². The average Bonchev–Trinajstić information content (AvgIpc) is 2.99. The number of nitrogens with two attached hydrogens (primary N) is 1. The van der Waals surface area contributed by atoms with Crippen molar-refractivity contribution in [3.05, 3.63) is 47.6 Å². The number of nitrogens with zero attached hydrogens (tertiary/aromatic N) is 2. The Kier molecular flexibility index (Phi) is 3.93. The Hall–Kier alpha value is -2.60. The minimum atomic E-state index is 0.737. The molecular formula is C16H17N5S. The minimum Gasteiger partial charge on any atom is -0.397 e. The predicted octanol–water partition coefficient (Wildman–Crippen LogP) is 3.88. The van der Waals surface area contributed by atoms with Crippen molar-refractivity contribution in [3.63, 3.8) is 0 Å². The highest BCUT2D eigenvalue weighted by atomic mass is 32.1. The third-order valence-electron chi connectivity index (χ3n) is 3.37. The van der Waals surface area contributed by atoms with Gasteiger partial charge in [0.25, 0.3) is 0 Å². The van der Waals surface area contributed by atoms with Crippen LogP contribution in [-0.4, -0.2) is 17.0 Å². The van der Waals surface area contributed by atoms with E-state index in [1.165, 1.54) is 0 Å². The summed E-state index contributed by atoms with van der Waals surface area (Å²) in [7, 11) is 1.86. The van der Waals surface area contributed by atoms with Crippen molar-refractivity contribution in [1.82, 2.24) is 9.97 Å². The highest BCUT2D eigenvalue weighted by Crippen LogP contribution is 2.31. The van der Waals surface area contributed by atoms with Crippen molar-refractivity contribution < 1.29 is 0 Å². The number of nitrogens with one attached hydrogen (secondary N) is 2. The summed E-state index contributed by atoms with van der Waals surface area (Å²) in [4.78, 5) is 8.73. The molecule has 0 radical (unpaired) electrons. The van der Waals surface area contributed by atoms with Crippen molar-refractivity contribution in [2.24, 2.45) is 0 Å². The summed E-state index contributed by atoms with van der Waals surface area (Å²) in [5.74, 6) is 0. The summed E-state index contributed by atoms with van der Waals surface area (Å²) in [6, 6.07) is 7.85. The minimum absolute atomic E-state index is 0.737. The van der Waals surface area contributed by atoms with Crippen molar-refractivity contribution in [2.75, 3.05) is 23.4 Å². The zero-order valence-corrected chi connectivity index (χ0v) is 13.2. The van der Waals surface area contributed by atoms with Crippen LogP contribution in [0.25, 0.3) is 11.3 Å². The Balaban J connectivity index is 1.87. The molecule has 0 saturated heterocycles. The molecule has 0 spiro atoms. The third kappa shape index (κ3) is 2.87. The molecule has 1 aromatic carbocycles. The zero-order valence-electron chi connectivity index (χ0n) is 12.4. The molecule has 5 nitrogen and oxygen atoms in total. The molecule has 0 aliphatic rings. The van der Waals surface area contributed by atoms with Gasteiger partial charge in [-0.3, -0.25) is 4.98 Å². The maximum absolute atomic E-state index is 5.96. The molecule has 0 fully saturated rings. The lowest BCUT2D eigenvalue weighted by atomic mass is 10.1. The molecule has 0 saturated carbocycles. The Labute approximate surface area is 133 Å². The number of benzene rings is 1. The molecule has 0 amide bonds. The molecule has 2 heterocycles. The first-order chi connectivity index (χ1) is 10.7. The molecule has 3 rings (SSSR count). The fourth-order valence-corrected chi connectivity index (χ4v) is 2.91. The molecule has 4 N–H and O–H groups in total. The van der Waals surface area contributed by atoms with Gasteiger partial charge in [0.05, 0.1) is 17.1 Å². The number of hydrogen-bond donors (Lipinski definition) is 3. The quantitative estimate of drug-likeness (QED) is 0.637. The van der Waals surface area contributed by atoms with E-state index in [9.17, 15) is 0 Å². The van der Waals surface area contributed by atoms with Crippen molar-refractivity contribution in [2.45, 2.75) is 6.92 Å². The summed E-state index contributed by atoms with van der Waals surface area (Å²) in [6.07, 6.45) is 3.57. The van der Waals surface area contributed by atoms with E-state index in [-0.39, 0.29) is 0 Å². The van der Waals surface area contributed by atoms with Gasteiger partial charge in [-0.2, -0.15) is 0 Å². The van der Waals surface area contributed by atoms with Crippen LogP contribution in [0.4, 0.5) is 22.2 Å². The van der Waals surface area contributed by atoms with E-state index in [0.717, 1.165) is 39.0 Å². The van der Waals surface area contributed by atoms with Gasteiger partial charge in [-0.15, -0.1) is 11.3 Å². The lowest BCUT2D eigenvalue weighted by Gasteiger charge is -2.12. The van der Waals surface area contributed by atoms with Gasteiger partial charge in [0.1, 0.15) is 0 Å². The van der Waals surface area contributed by atoms with Crippen LogP contribution in [0.1, 0.15) is 5.56 Å². The first-order valence-corrected chi connectivity index (χ1v) is 7.76. The summed E-state index contributed by atoms with van der Waals surface area (Å²) in [6.45, 7) is 2.02. The van der Waals surface area contributed by atoms with Gasteiger partial charge in [-0.1, -0.05) is 0 Å². The molecule has 3 aromatic rings. The second-order valence-electron chi connectivity index (χ2n) is 4.91. The van der Waals surface area contributed by atoms with Crippen molar-refractivity contribution >= 4 is 33.5 Å². The normalized spacial score (nSPS) is 10.5. The first kappa shape index (κ1) is 14.3. The molecule has 0 atom stereocenters. The lowest BCUT2D eigenvalue weighted by Crippen LogP contribution is -2.00. The zero-order chi connectivity index (χ0) is 15.5. The standard InChI is InChI=1S/C16H17N5S/c1-10-6-12(17)14(18-2)7-13(10)20-16-21-15(9-22-16)11-4-3-5-19-8-11/h3-9,18H,17H2,1-2H3,(H,20,21). The van der Waals surface area contributed by atoms with Crippen LogP contribution < -0.4 is 16.4 Å². The monoisotopic (exact) mass is 311 g/mol. The SMILES string of the molecule is CNc1cc(Nc2nc(-c3cccnc3)cs2)c(C)cc1N. The van der Waals surface area contributed by atoms with E-state index in [1.54, 1.807) is 17.5 Å². The van der Waals surface area contributed by atoms with Crippen LogP contribution in [-0.2, 0) is 0 Å². The van der Waals surface area contributed by atoms with Crippen molar-refractivity contribution in [3.8, 4) is 11.3 Å². The fourth-order valence-electron chi connectivity index (χ4n) is 2.17. The van der Waals surface area contributed by atoms with E-state index in [4.69, 9.17) is 5.73 Å². The molecule has 22 heavy (non-hydrogen) atoms. The van der Waals surface area contributed by atoms with Gasteiger partial charge in [-0.25, -0.2) is 4.98 Å². The van der Waals surface area contributed by atoms with E-state index >= 15 is 0 Å². The Morgan fingerprint density at radius 1 is 1.23 bits per heavy atom. The van der Waals surface area contributed by atoms with Crippen LogP contribution in [0.15, 0.2) is 42.0 Å². The van der Waals surface area contributed by atoms with Gasteiger partial charge in [0, 0.05) is 36.1 Å². The largest absolute Gasteiger partial charge is 0.397 e. The van der Waals surface area contributed by atoms with Crippen LogP contribution in [0.3, 0.4) is 0 Å². The average molecular weight is 311 g/mol. The fraction of sp³-hybridized carbons (Fsp3) is 0.125. The molecule has 0 unspecified atom stereocenters. The van der Waals surface area contributed by atoms with Crippen molar-refractivity contribution in [1.29, 1.82) is 0 Å². The highest BCUT2D eigenvalue weighted by molar-refractivity contribution is 7.14. The number of pyridine rings is 1. The number of nitrogen functional groups attached to an aromatic ring is 1. The van der Waals surface area contributed by atoms with E-state index in [2.05, 4.69) is 20.6 Å². The number of anilines is 4. The number of rotatable bonds is 4. The van der Waals surface area contributed by atoms with E-state index < -0.39 is 0 Å². The summed E-state index contributed by atoms with van der Waals surface area (Å²) >= 11 is 1.56. The Morgan fingerprint density at radius 3 is 2.82 bits per heavy atom. The number of aryl methyl sites for hydroxylation is 1. The predicted molar refractivity (Wildman–Crippen MR) is 93.8 cm³/mol. The molecule has 0 bridgehead atoms. The maximum atomic E-state index is 5.96. The summed E-state index contributed by atoms with van der Waals surface area (Å²) in [5.41, 5.74) is 11.6. The Morgan fingerprint density at radius 2 is 2.09 bits per heavy atom. The summed E-state index contributed by atoms with van der Waals surface area (Å²) in [5, 5.41) is 9.31. The van der Waals surface area contributed by atoms with E-state index in [0.29, 0.717) is 0 Å². The molecule has 112 valence electrons. The second kappa shape index (κ2) is 6.03. The van der Waals surface area contributed by atoms with Crippen LogP contribution in [0.2, 0.25) is 0 Å². The van der Waals surface area contributed by atoms with Gasteiger partial charge >= 0.3 is 0 Å². The number of aromatic nitrogens is 2. The van der Waals surface area contributed by atoms with Gasteiger partial charge in [0.15, 0.2) is 5.13 Å². The van der Waals surface area contributed by atoms with E-state index in [1.807, 2.05) is 49.8 Å². The number of thiazole rings is 1. The molecular weight excluding hydrogens is 294 g/mol. The molecule has 0 aliphatic carbocycles. The smallest absolute Gasteiger partial charge is 0.187 e. The molecule has 0 aliphatic heterocycles. The first-order valence-electron chi connectivity index (χ1n) is 6.88. The highest BCUT2D eigenvalue weighted by Gasteiger charge is 2.08. The van der Waals surface area contributed by atoms with Crippen LogP contribution in [0, 0.1) is 6.92 Å². The second-order valence-corrected chi connectivity index (χ2v) is 5.77. The maximum Gasteiger partial charge on any atom is 0.187 e. The van der Waals surface area contributed by atoms with Crippen LogP contribution in [0.5, 0.6) is 0 Å². The number of hydrogen-bond acceptors (Lipinski definition) is 6. The van der Waals surface area contributed by atoms with Gasteiger partial charge in [0.2, 0.25) is 0 Å². The Bertz CT molecular complexity index is 782. The molecule has 6 heteroatoms. The van der Waals surface area contributed by atoms with Gasteiger partial charge < -0.3 is 16.4 Å². The molecule has 2 aromatic heterocycles. The van der Waals surface area contributed by atoms with Crippen LogP contribution >= 0.6 is 11.3 Å². The summed E-state index contributed by atoms with van der Waals surface area (Å²) < 4.78 is 0. The lowest BCUT2D eigenvalue weighted by molar-refractivity contribution is 1.30.